The number of anilines is 2. The Morgan fingerprint density at radius 2 is 2.03 bits per heavy atom. The number of fused-ring (bicyclic) bond motifs is 1. The summed E-state index contributed by atoms with van der Waals surface area (Å²) in [6.07, 6.45) is 1.84. The SMILES string of the molecule is COc1cc(F)c([N+](=O)[O-])cc1Cc1nccc(N2CC(C)(C)c3ccccc32)n1. The second-order valence-electron chi connectivity index (χ2n) is 7.87. The molecule has 30 heavy (non-hydrogen) atoms. The summed E-state index contributed by atoms with van der Waals surface area (Å²) in [6.45, 7) is 5.15. The van der Waals surface area contributed by atoms with Crippen molar-refractivity contribution in [1.82, 2.24) is 9.97 Å². The van der Waals surface area contributed by atoms with Gasteiger partial charge in [-0.15, -0.1) is 0 Å². The van der Waals surface area contributed by atoms with Crippen LogP contribution in [0.5, 0.6) is 5.75 Å². The number of hydrogen-bond acceptors (Lipinski definition) is 6. The first kappa shape index (κ1) is 19.8. The van der Waals surface area contributed by atoms with Gasteiger partial charge in [-0.2, -0.15) is 4.39 Å². The third kappa shape index (κ3) is 3.45. The number of methoxy groups -OCH3 is 1. The fraction of sp³-hybridized carbons (Fsp3) is 0.273. The first-order valence-corrected chi connectivity index (χ1v) is 9.50. The zero-order valence-electron chi connectivity index (χ0n) is 16.9. The first-order chi connectivity index (χ1) is 14.3. The minimum atomic E-state index is -0.939. The van der Waals surface area contributed by atoms with Gasteiger partial charge >= 0.3 is 5.69 Å². The quantitative estimate of drug-likeness (QED) is 0.455. The topological polar surface area (TPSA) is 81.4 Å². The minimum absolute atomic E-state index is 0.0253. The maximum atomic E-state index is 13.9. The molecule has 0 saturated carbocycles. The lowest BCUT2D eigenvalue weighted by molar-refractivity contribution is -0.387. The van der Waals surface area contributed by atoms with E-state index in [1.165, 1.54) is 18.7 Å². The molecule has 1 aliphatic rings. The lowest BCUT2D eigenvalue weighted by Crippen LogP contribution is -2.25. The van der Waals surface area contributed by atoms with Gasteiger partial charge in [0, 0.05) is 48.0 Å². The number of nitro benzene ring substituents is 1. The zero-order valence-corrected chi connectivity index (χ0v) is 16.9. The zero-order chi connectivity index (χ0) is 21.5. The Balaban J connectivity index is 1.69. The van der Waals surface area contributed by atoms with Gasteiger partial charge in [-0.1, -0.05) is 32.0 Å². The molecule has 0 radical (unpaired) electrons. The van der Waals surface area contributed by atoms with Gasteiger partial charge in [-0.25, -0.2) is 9.97 Å². The third-order valence-electron chi connectivity index (χ3n) is 5.34. The molecule has 0 N–H and O–H groups in total. The van der Waals surface area contributed by atoms with E-state index in [4.69, 9.17) is 4.74 Å². The van der Waals surface area contributed by atoms with Crippen LogP contribution in [0.4, 0.5) is 21.6 Å². The fourth-order valence-corrected chi connectivity index (χ4v) is 3.90. The Bertz CT molecular complexity index is 1130. The van der Waals surface area contributed by atoms with Gasteiger partial charge in [0.25, 0.3) is 0 Å². The van der Waals surface area contributed by atoms with Crippen molar-refractivity contribution in [1.29, 1.82) is 0 Å². The molecule has 0 bridgehead atoms. The van der Waals surface area contributed by atoms with Crippen molar-refractivity contribution in [3.05, 3.63) is 81.5 Å². The average molecular weight is 408 g/mol. The van der Waals surface area contributed by atoms with E-state index >= 15 is 0 Å². The summed E-state index contributed by atoms with van der Waals surface area (Å²) in [7, 11) is 1.39. The second kappa shape index (κ2) is 7.37. The summed E-state index contributed by atoms with van der Waals surface area (Å²) in [4.78, 5) is 21.5. The van der Waals surface area contributed by atoms with Crippen LogP contribution in [-0.4, -0.2) is 28.5 Å². The largest absolute Gasteiger partial charge is 0.496 e. The van der Waals surface area contributed by atoms with Crippen LogP contribution in [0.25, 0.3) is 0 Å². The van der Waals surface area contributed by atoms with Crippen LogP contribution in [-0.2, 0) is 11.8 Å². The first-order valence-electron chi connectivity index (χ1n) is 9.50. The predicted octanol–water partition coefficient (Wildman–Crippen LogP) is 4.55. The highest BCUT2D eigenvalue weighted by molar-refractivity contribution is 5.70. The number of rotatable bonds is 5. The molecule has 0 amide bonds. The van der Waals surface area contributed by atoms with E-state index in [1.54, 1.807) is 6.20 Å². The minimum Gasteiger partial charge on any atom is -0.496 e. The van der Waals surface area contributed by atoms with Gasteiger partial charge in [-0.05, 0) is 17.7 Å². The molecule has 8 heteroatoms. The van der Waals surface area contributed by atoms with Gasteiger partial charge < -0.3 is 9.64 Å². The number of para-hydroxylation sites is 1. The van der Waals surface area contributed by atoms with Gasteiger partial charge in [0.15, 0.2) is 0 Å². The molecule has 154 valence electrons. The van der Waals surface area contributed by atoms with E-state index in [1.807, 2.05) is 18.2 Å². The number of nitro groups is 1. The molecule has 0 aliphatic carbocycles. The maximum absolute atomic E-state index is 13.9. The van der Waals surface area contributed by atoms with E-state index in [2.05, 4.69) is 40.8 Å². The lowest BCUT2D eigenvalue weighted by Gasteiger charge is -2.22. The fourth-order valence-electron chi connectivity index (χ4n) is 3.90. The van der Waals surface area contributed by atoms with Crippen molar-refractivity contribution in [2.75, 3.05) is 18.6 Å². The van der Waals surface area contributed by atoms with Crippen LogP contribution in [0.3, 0.4) is 0 Å². The summed E-state index contributed by atoms with van der Waals surface area (Å²) in [5, 5.41) is 11.1. The molecule has 2 heterocycles. The van der Waals surface area contributed by atoms with Crippen LogP contribution < -0.4 is 9.64 Å². The van der Waals surface area contributed by atoms with Crippen molar-refractivity contribution in [2.45, 2.75) is 25.7 Å². The smallest absolute Gasteiger partial charge is 0.305 e. The van der Waals surface area contributed by atoms with Crippen LogP contribution in [0, 0.1) is 15.9 Å². The molecule has 3 aromatic rings. The number of aromatic nitrogens is 2. The van der Waals surface area contributed by atoms with E-state index in [9.17, 15) is 14.5 Å². The predicted molar refractivity (Wildman–Crippen MR) is 111 cm³/mol. The van der Waals surface area contributed by atoms with Crippen molar-refractivity contribution in [2.24, 2.45) is 0 Å². The molecule has 4 rings (SSSR count). The van der Waals surface area contributed by atoms with Crippen molar-refractivity contribution in [3.8, 4) is 5.75 Å². The number of nitrogens with zero attached hydrogens (tertiary/aromatic N) is 4. The second-order valence-corrected chi connectivity index (χ2v) is 7.87. The lowest BCUT2D eigenvalue weighted by atomic mass is 9.87. The number of halogens is 1. The molecule has 2 aromatic carbocycles. The normalized spacial score (nSPS) is 14.5. The van der Waals surface area contributed by atoms with Crippen LogP contribution in [0.2, 0.25) is 0 Å². The van der Waals surface area contributed by atoms with Crippen LogP contribution in [0.15, 0.2) is 48.7 Å². The van der Waals surface area contributed by atoms with Gasteiger partial charge in [-0.3, -0.25) is 10.1 Å². The van der Waals surface area contributed by atoms with E-state index in [0.717, 1.165) is 24.1 Å². The Labute approximate surface area is 173 Å². The molecule has 0 unspecified atom stereocenters. The highest BCUT2D eigenvalue weighted by Crippen LogP contribution is 2.43. The van der Waals surface area contributed by atoms with Gasteiger partial charge in [0.1, 0.15) is 17.4 Å². The van der Waals surface area contributed by atoms with E-state index in [-0.39, 0.29) is 17.6 Å². The summed E-state index contributed by atoms with van der Waals surface area (Å²) in [5.74, 6) is 0.494. The number of hydrogen-bond donors (Lipinski definition) is 0. The molecule has 0 saturated heterocycles. The maximum Gasteiger partial charge on any atom is 0.305 e. The van der Waals surface area contributed by atoms with E-state index in [0.29, 0.717) is 11.4 Å². The highest BCUT2D eigenvalue weighted by Gasteiger charge is 2.36. The molecule has 0 fully saturated rings. The molecule has 1 aromatic heterocycles. The Morgan fingerprint density at radius 1 is 1.27 bits per heavy atom. The van der Waals surface area contributed by atoms with Crippen LogP contribution >= 0.6 is 0 Å². The molecular weight excluding hydrogens is 387 g/mol. The average Bonchev–Trinajstić information content (AvgIpc) is 3.00. The molecule has 0 atom stereocenters. The number of benzene rings is 2. The molecule has 0 spiro atoms. The summed E-state index contributed by atoms with van der Waals surface area (Å²) in [5.41, 5.74) is 2.17. The molecular formula is C22H21FN4O3. The van der Waals surface area contributed by atoms with Gasteiger partial charge in [0.2, 0.25) is 5.82 Å². The highest BCUT2D eigenvalue weighted by atomic mass is 19.1. The van der Waals surface area contributed by atoms with E-state index < -0.39 is 16.4 Å². The van der Waals surface area contributed by atoms with Crippen molar-refractivity contribution in [3.63, 3.8) is 0 Å². The standard InChI is InChI=1S/C22H21FN4O3/c1-22(2)13-26(17-7-5-4-6-15(17)22)21-8-9-24-20(25-21)11-14-10-18(27(28)29)16(23)12-19(14)30-3/h4-10,12H,11,13H2,1-3H3. The van der Waals surface area contributed by atoms with Crippen molar-refractivity contribution >= 4 is 17.2 Å². The van der Waals surface area contributed by atoms with Crippen LogP contribution in [0.1, 0.15) is 30.8 Å². The van der Waals surface area contributed by atoms with Crippen molar-refractivity contribution < 1.29 is 14.1 Å². The molecule has 1 aliphatic heterocycles. The molecule has 7 nitrogen and oxygen atoms in total. The summed E-state index contributed by atoms with van der Waals surface area (Å²) < 4.78 is 19.1. The monoisotopic (exact) mass is 408 g/mol. The summed E-state index contributed by atoms with van der Waals surface area (Å²) in [6, 6.07) is 12.3. The third-order valence-corrected chi connectivity index (χ3v) is 5.34. The van der Waals surface area contributed by atoms with Gasteiger partial charge in [0.05, 0.1) is 12.0 Å². The Morgan fingerprint density at radius 3 is 2.77 bits per heavy atom. The Kier molecular flexibility index (Phi) is 4.85. The Hall–Kier alpha value is -3.55. The summed E-state index contributed by atoms with van der Waals surface area (Å²) >= 11 is 0. The number of ether oxygens (including phenoxy) is 1.